The zero-order valence-electron chi connectivity index (χ0n) is 12.3. The van der Waals surface area contributed by atoms with Crippen molar-refractivity contribution in [2.75, 3.05) is 37.9 Å². The van der Waals surface area contributed by atoms with E-state index in [-0.39, 0.29) is 5.56 Å². The summed E-state index contributed by atoms with van der Waals surface area (Å²) in [6.45, 7) is 2.29. The Balaban J connectivity index is 2.00. The number of methoxy groups -OCH3 is 1. The number of nitrogens with two attached hydrogens (primary N) is 1. The smallest absolute Gasteiger partial charge is 0.268 e. The number of nitrogens with zero attached hydrogens (tertiary/aromatic N) is 5. The van der Waals surface area contributed by atoms with Crippen molar-refractivity contribution in [3.63, 3.8) is 0 Å². The van der Waals surface area contributed by atoms with Crippen molar-refractivity contribution in [3.8, 4) is 0 Å². The van der Waals surface area contributed by atoms with Crippen LogP contribution < -0.4 is 16.2 Å². The van der Waals surface area contributed by atoms with Gasteiger partial charge in [0.25, 0.3) is 5.56 Å². The molecule has 0 saturated carbocycles. The van der Waals surface area contributed by atoms with Crippen LogP contribution in [0.5, 0.6) is 0 Å². The number of aromatic nitrogens is 4. The lowest BCUT2D eigenvalue weighted by Crippen LogP contribution is -2.28. The minimum absolute atomic E-state index is 0.142. The van der Waals surface area contributed by atoms with E-state index in [0.717, 1.165) is 5.69 Å². The van der Waals surface area contributed by atoms with Gasteiger partial charge < -0.3 is 15.4 Å². The Morgan fingerprint density at radius 1 is 1.33 bits per heavy atom. The van der Waals surface area contributed by atoms with Crippen LogP contribution in [-0.2, 0) is 17.8 Å². The number of anilines is 2. The summed E-state index contributed by atoms with van der Waals surface area (Å²) in [5.41, 5.74) is 6.82. The van der Waals surface area contributed by atoms with Gasteiger partial charge in [-0.05, 0) is 0 Å². The largest absolute Gasteiger partial charge is 0.396 e. The number of ether oxygens (including phenoxy) is 1. The van der Waals surface area contributed by atoms with Crippen LogP contribution in [0.3, 0.4) is 0 Å². The van der Waals surface area contributed by atoms with Gasteiger partial charge in [-0.3, -0.25) is 9.48 Å². The molecule has 0 spiro atoms. The molecule has 21 heavy (non-hydrogen) atoms. The second-order valence-electron chi connectivity index (χ2n) is 4.73. The van der Waals surface area contributed by atoms with Crippen LogP contribution in [0, 0.1) is 0 Å². The summed E-state index contributed by atoms with van der Waals surface area (Å²) in [6.07, 6.45) is 4.97. The fraction of sp³-hybridized carbons (Fsp3) is 0.462. The van der Waals surface area contributed by atoms with Crippen LogP contribution >= 0.6 is 0 Å². The van der Waals surface area contributed by atoms with E-state index in [1.807, 2.05) is 11.9 Å². The molecule has 2 heterocycles. The summed E-state index contributed by atoms with van der Waals surface area (Å²) in [6, 6.07) is 1.57. The van der Waals surface area contributed by atoms with Crippen molar-refractivity contribution in [2.45, 2.75) is 13.1 Å². The Labute approximate surface area is 122 Å². The number of nitrogen functional groups attached to an aromatic ring is 1. The molecular formula is C13H20N6O2. The number of likely N-dealkylation sites (N-methyl/N-ethyl adjacent to an activating group) is 1. The highest BCUT2D eigenvalue weighted by Gasteiger charge is 2.05. The Morgan fingerprint density at radius 2 is 2.14 bits per heavy atom. The Hall–Kier alpha value is -2.35. The van der Waals surface area contributed by atoms with Gasteiger partial charge in [-0.15, -0.1) is 0 Å². The van der Waals surface area contributed by atoms with Gasteiger partial charge in [-0.2, -0.15) is 10.2 Å². The molecule has 8 heteroatoms. The standard InChI is InChI=1S/C13H20N6O2/c1-17(5-6-21-2)12-7-13(20)19(16-9-12)4-3-18-10-11(14)8-15-18/h7-10H,3-6,14H2,1-2H3. The van der Waals surface area contributed by atoms with Crippen LogP contribution in [0.2, 0.25) is 0 Å². The monoisotopic (exact) mass is 292 g/mol. The summed E-state index contributed by atoms with van der Waals surface area (Å²) >= 11 is 0. The van der Waals surface area contributed by atoms with Gasteiger partial charge in [-0.25, -0.2) is 4.68 Å². The van der Waals surface area contributed by atoms with E-state index in [9.17, 15) is 4.79 Å². The van der Waals surface area contributed by atoms with Crippen molar-refractivity contribution in [2.24, 2.45) is 0 Å². The van der Waals surface area contributed by atoms with Gasteiger partial charge in [0.1, 0.15) is 0 Å². The molecular weight excluding hydrogens is 272 g/mol. The van der Waals surface area contributed by atoms with Gasteiger partial charge in [0.2, 0.25) is 0 Å². The summed E-state index contributed by atoms with van der Waals surface area (Å²) in [4.78, 5) is 14.0. The Kier molecular flexibility index (Phi) is 4.94. The third-order valence-electron chi connectivity index (χ3n) is 3.12. The first-order valence-electron chi connectivity index (χ1n) is 6.65. The van der Waals surface area contributed by atoms with Crippen molar-refractivity contribution in [1.82, 2.24) is 19.6 Å². The summed E-state index contributed by atoms with van der Waals surface area (Å²) in [5.74, 6) is 0. The van der Waals surface area contributed by atoms with Gasteiger partial charge >= 0.3 is 0 Å². The van der Waals surface area contributed by atoms with Crippen LogP contribution in [0.15, 0.2) is 29.5 Å². The zero-order chi connectivity index (χ0) is 15.2. The molecule has 0 radical (unpaired) electrons. The second kappa shape index (κ2) is 6.89. The van der Waals surface area contributed by atoms with Crippen LogP contribution in [-0.4, -0.2) is 46.9 Å². The van der Waals surface area contributed by atoms with Crippen LogP contribution in [0.1, 0.15) is 0 Å². The molecule has 0 aromatic carbocycles. The minimum atomic E-state index is -0.142. The quantitative estimate of drug-likeness (QED) is 0.760. The highest BCUT2D eigenvalue weighted by Crippen LogP contribution is 2.06. The molecule has 0 aliphatic rings. The summed E-state index contributed by atoms with van der Waals surface area (Å²) < 4.78 is 8.10. The molecule has 2 rings (SSSR count). The van der Waals surface area contributed by atoms with Crippen molar-refractivity contribution < 1.29 is 4.74 Å². The Bertz CT molecular complexity index is 636. The normalized spacial score (nSPS) is 10.8. The molecule has 2 aromatic rings. The highest BCUT2D eigenvalue weighted by molar-refractivity contribution is 5.41. The predicted molar refractivity (Wildman–Crippen MR) is 80.3 cm³/mol. The number of rotatable bonds is 7. The third kappa shape index (κ3) is 4.06. The van der Waals surface area contributed by atoms with Crippen LogP contribution in [0.25, 0.3) is 0 Å². The van der Waals surface area contributed by atoms with E-state index < -0.39 is 0 Å². The lowest BCUT2D eigenvalue weighted by molar-refractivity contribution is 0.206. The third-order valence-corrected chi connectivity index (χ3v) is 3.12. The van der Waals surface area contributed by atoms with E-state index in [2.05, 4.69) is 10.2 Å². The molecule has 8 nitrogen and oxygen atoms in total. The fourth-order valence-corrected chi connectivity index (χ4v) is 1.86. The average molecular weight is 292 g/mol. The molecule has 2 N–H and O–H groups in total. The summed E-state index contributed by atoms with van der Waals surface area (Å²) in [5, 5.41) is 8.24. The molecule has 0 bridgehead atoms. The summed E-state index contributed by atoms with van der Waals surface area (Å²) in [7, 11) is 3.54. The van der Waals surface area contributed by atoms with Crippen molar-refractivity contribution >= 4 is 11.4 Å². The van der Waals surface area contributed by atoms with Crippen molar-refractivity contribution in [3.05, 3.63) is 35.0 Å². The maximum atomic E-state index is 12.0. The second-order valence-corrected chi connectivity index (χ2v) is 4.73. The average Bonchev–Trinajstić information content (AvgIpc) is 2.89. The predicted octanol–water partition coefficient (Wildman–Crippen LogP) is -0.195. The fourth-order valence-electron chi connectivity index (χ4n) is 1.86. The zero-order valence-corrected chi connectivity index (χ0v) is 12.3. The molecule has 0 fully saturated rings. The van der Waals surface area contributed by atoms with E-state index in [4.69, 9.17) is 10.5 Å². The van der Waals surface area contributed by atoms with Gasteiger partial charge in [0.15, 0.2) is 0 Å². The first-order valence-corrected chi connectivity index (χ1v) is 6.65. The van der Waals surface area contributed by atoms with E-state index in [1.165, 1.54) is 4.68 Å². The van der Waals surface area contributed by atoms with E-state index >= 15 is 0 Å². The Morgan fingerprint density at radius 3 is 2.76 bits per heavy atom. The molecule has 2 aromatic heterocycles. The molecule has 0 aliphatic carbocycles. The molecule has 0 saturated heterocycles. The first kappa shape index (κ1) is 15.0. The molecule has 0 unspecified atom stereocenters. The van der Waals surface area contributed by atoms with E-state index in [1.54, 1.807) is 36.4 Å². The topological polar surface area (TPSA) is 91.2 Å². The lowest BCUT2D eigenvalue weighted by Gasteiger charge is -2.18. The van der Waals surface area contributed by atoms with Crippen LogP contribution in [0.4, 0.5) is 11.4 Å². The van der Waals surface area contributed by atoms with Gasteiger partial charge in [0.05, 0.1) is 43.5 Å². The SMILES string of the molecule is COCCN(C)c1cnn(CCn2cc(N)cn2)c(=O)c1. The molecule has 114 valence electrons. The maximum Gasteiger partial charge on any atom is 0.268 e. The van der Waals surface area contributed by atoms with Gasteiger partial charge in [0, 0.05) is 33.0 Å². The van der Waals surface area contributed by atoms with Gasteiger partial charge in [-0.1, -0.05) is 0 Å². The maximum absolute atomic E-state index is 12.0. The lowest BCUT2D eigenvalue weighted by atomic mass is 10.4. The molecule has 0 amide bonds. The number of hydrogen-bond donors (Lipinski definition) is 1. The first-order chi connectivity index (χ1) is 10.1. The number of hydrogen-bond acceptors (Lipinski definition) is 6. The minimum Gasteiger partial charge on any atom is -0.396 e. The van der Waals surface area contributed by atoms with Crippen molar-refractivity contribution in [1.29, 1.82) is 0 Å². The number of aryl methyl sites for hydroxylation is 2. The molecule has 0 atom stereocenters. The highest BCUT2D eigenvalue weighted by atomic mass is 16.5. The molecule has 0 aliphatic heterocycles. The van der Waals surface area contributed by atoms with E-state index in [0.29, 0.717) is 31.9 Å².